The summed E-state index contributed by atoms with van der Waals surface area (Å²) in [6.07, 6.45) is -0.176. The second-order valence-electron chi connectivity index (χ2n) is 5.82. The summed E-state index contributed by atoms with van der Waals surface area (Å²) < 4.78 is 15.9. The molecule has 8 nitrogen and oxygen atoms in total. The highest BCUT2D eigenvalue weighted by Crippen LogP contribution is 2.15. The predicted molar refractivity (Wildman–Crippen MR) is 77.7 cm³/mol. The summed E-state index contributed by atoms with van der Waals surface area (Å²) in [5.41, 5.74) is 0. The fourth-order valence-corrected chi connectivity index (χ4v) is 1.84. The standard InChI is InChI=1S/C14H23N5O3/c1-9(2)8-20-10(3)14-16-13(22-18-14)7-19(5)6-12-15-11(4)21-17-12/h9-10H,6-8H2,1-5H3/t10-/m0/s1. The van der Waals surface area contributed by atoms with Gasteiger partial charge in [0.05, 0.1) is 13.1 Å². The number of rotatable bonds is 8. The second kappa shape index (κ2) is 7.46. The van der Waals surface area contributed by atoms with Crippen molar-refractivity contribution in [2.45, 2.75) is 46.9 Å². The van der Waals surface area contributed by atoms with Crippen molar-refractivity contribution in [3.63, 3.8) is 0 Å². The molecule has 0 fully saturated rings. The van der Waals surface area contributed by atoms with Crippen LogP contribution in [0, 0.1) is 12.8 Å². The summed E-state index contributed by atoms with van der Waals surface area (Å²) in [6, 6.07) is 0. The number of aromatic nitrogens is 4. The summed E-state index contributed by atoms with van der Waals surface area (Å²) in [7, 11) is 1.92. The van der Waals surface area contributed by atoms with E-state index in [4.69, 9.17) is 13.8 Å². The Bertz CT molecular complexity index is 581. The summed E-state index contributed by atoms with van der Waals surface area (Å²) in [4.78, 5) is 10.5. The van der Waals surface area contributed by atoms with Crippen molar-refractivity contribution in [1.82, 2.24) is 25.2 Å². The smallest absolute Gasteiger partial charge is 0.240 e. The van der Waals surface area contributed by atoms with Gasteiger partial charge in [0.15, 0.2) is 11.6 Å². The van der Waals surface area contributed by atoms with Gasteiger partial charge >= 0.3 is 0 Å². The second-order valence-corrected chi connectivity index (χ2v) is 5.82. The molecule has 0 saturated heterocycles. The van der Waals surface area contributed by atoms with Gasteiger partial charge in [0.1, 0.15) is 6.10 Å². The lowest BCUT2D eigenvalue weighted by molar-refractivity contribution is 0.0402. The number of hydrogen-bond acceptors (Lipinski definition) is 8. The van der Waals surface area contributed by atoms with Crippen LogP contribution < -0.4 is 0 Å². The van der Waals surface area contributed by atoms with E-state index in [0.29, 0.717) is 49.0 Å². The van der Waals surface area contributed by atoms with E-state index < -0.39 is 0 Å². The highest BCUT2D eigenvalue weighted by Gasteiger charge is 2.16. The summed E-state index contributed by atoms with van der Waals surface area (Å²) in [5.74, 6) is 2.77. The minimum absolute atomic E-state index is 0.176. The molecule has 0 amide bonds. The van der Waals surface area contributed by atoms with Crippen molar-refractivity contribution < 1.29 is 13.8 Å². The Morgan fingerprint density at radius 2 is 1.86 bits per heavy atom. The van der Waals surface area contributed by atoms with Gasteiger partial charge in [-0.2, -0.15) is 9.97 Å². The average Bonchev–Trinajstić information content (AvgIpc) is 3.05. The van der Waals surface area contributed by atoms with Gasteiger partial charge in [0, 0.05) is 13.5 Å². The lowest BCUT2D eigenvalue weighted by Crippen LogP contribution is -2.18. The molecule has 0 saturated carbocycles. The SMILES string of the molecule is Cc1nc(CN(C)Cc2nc([C@H](C)OCC(C)C)no2)no1. The maximum atomic E-state index is 5.68. The lowest BCUT2D eigenvalue weighted by Gasteiger charge is -2.11. The van der Waals surface area contributed by atoms with E-state index in [9.17, 15) is 0 Å². The third-order valence-corrected chi connectivity index (χ3v) is 2.91. The molecule has 122 valence electrons. The van der Waals surface area contributed by atoms with Crippen molar-refractivity contribution in [2.24, 2.45) is 5.92 Å². The van der Waals surface area contributed by atoms with E-state index in [1.54, 1.807) is 6.92 Å². The Kier molecular flexibility index (Phi) is 5.62. The molecular weight excluding hydrogens is 286 g/mol. The molecule has 0 spiro atoms. The lowest BCUT2D eigenvalue weighted by atomic mass is 10.2. The molecule has 0 aliphatic rings. The van der Waals surface area contributed by atoms with Gasteiger partial charge in [0.2, 0.25) is 11.8 Å². The van der Waals surface area contributed by atoms with Gasteiger partial charge in [-0.15, -0.1) is 0 Å². The highest BCUT2D eigenvalue weighted by molar-refractivity contribution is 4.91. The minimum atomic E-state index is -0.176. The zero-order valence-electron chi connectivity index (χ0n) is 13.7. The Labute approximate surface area is 129 Å². The van der Waals surface area contributed by atoms with Crippen LogP contribution in [0.2, 0.25) is 0 Å². The fourth-order valence-electron chi connectivity index (χ4n) is 1.84. The van der Waals surface area contributed by atoms with Gasteiger partial charge < -0.3 is 13.8 Å². The normalized spacial score (nSPS) is 13.2. The summed E-state index contributed by atoms with van der Waals surface area (Å²) in [5, 5.41) is 7.83. The zero-order chi connectivity index (χ0) is 16.1. The van der Waals surface area contributed by atoms with E-state index in [-0.39, 0.29) is 6.10 Å². The Morgan fingerprint density at radius 1 is 1.09 bits per heavy atom. The van der Waals surface area contributed by atoms with Crippen LogP contribution in [0.5, 0.6) is 0 Å². The molecule has 2 aromatic heterocycles. The van der Waals surface area contributed by atoms with Crippen LogP contribution in [-0.4, -0.2) is 38.8 Å². The maximum absolute atomic E-state index is 5.68. The Balaban J connectivity index is 1.85. The molecule has 8 heteroatoms. The molecule has 2 heterocycles. The van der Waals surface area contributed by atoms with E-state index in [1.807, 2.05) is 18.9 Å². The summed E-state index contributed by atoms with van der Waals surface area (Å²) in [6.45, 7) is 9.61. The predicted octanol–water partition coefficient (Wildman–Crippen LogP) is 2.13. The van der Waals surface area contributed by atoms with Crippen molar-refractivity contribution >= 4 is 0 Å². The van der Waals surface area contributed by atoms with Crippen LogP contribution in [0.4, 0.5) is 0 Å². The molecule has 0 aromatic carbocycles. The molecule has 0 radical (unpaired) electrons. The molecule has 2 rings (SSSR count). The molecule has 2 aromatic rings. The average molecular weight is 309 g/mol. The zero-order valence-corrected chi connectivity index (χ0v) is 13.7. The van der Waals surface area contributed by atoms with Crippen molar-refractivity contribution in [3.8, 4) is 0 Å². The van der Waals surface area contributed by atoms with E-state index in [0.717, 1.165) is 0 Å². The molecule has 0 unspecified atom stereocenters. The van der Waals surface area contributed by atoms with Crippen LogP contribution in [0.25, 0.3) is 0 Å². The van der Waals surface area contributed by atoms with Gasteiger partial charge in [-0.1, -0.05) is 24.2 Å². The fraction of sp³-hybridized carbons (Fsp3) is 0.714. The third kappa shape index (κ3) is 4.88. The number of hydrogen-bond donors (Lipinski definition) is 0. The molecule has 1 atom stereocenters. The van der Waals surface area contributed by atoms with Gasteiger partial charge in [-0.25, -0.2) is 0 Å². The Morgan fingerprint density at radius 3 is 2.50 bits per heavy atom. The topological polar surface area (TPSA) is 90.3 Å². The van der Waals surface area contributed by atoms with Gasteiger partial charge in [0.25, 0.3) is 0 Å². The first kappa shape index (κ1) is 16.6. The Hall–Kier alpha value is -1.80. The first-order valence-corrected chi connectivity index (χ1v) is 7.36. The monoisotopic (exact) mass is 309 g/mol. The minimum Gasteiger partial charge on any atom is -0.370 e. The maximum Gasteiger partial charge on any atom is 0.240 e. The highest BCUT2D eigenvalue weighted by atomic mass is 16.5. The molecule has 0 bridgehead atoms. The third-order valence-electron chi connectivity index (χ3n) is 2.91. The van der Waals surface area contributed by atoms with E-state index >= 15 is 0 Å². The van der Waals surface area contributed by atoms with Gasteiger partial charge in [-0.05, 0) is 19.9 Å². The van der Waals surface area contributed by atoms with Crippen molar-refractivity contribution in [3.05, 3.63) is 23.4 Å². The van der Waals surface area contributed by atoms with E-state index in [1.165, 1.54) is 0 Å². The quantitative estimate of drug-likeness (QED) is 0.732. The van der Waals surface area contributed by atoms with Crippen LogP contribution in [-0.2, 0) is 17.8 Å². The van der Waals surface area contributed by atoms with Crippen LogP contribution in [0.1, 0.15) is 50.3 Å². The van der Waals surface area contributed by atoms with Crippen molar-refractivity contribution in [2.75, 3.05) is 13.7 Å². The first-order valence-electron chi connectivity index (χ1n) is 7.36. The number of nitrogens with zero attached hydrogens (tertiary/aromatic N) is 5. The van der Waals surface area contributed by atoms with Crippen LogP contribution in [0.3, 0.4) is 0 Å². The molecule has 0 aliphatic carbocycles. The van der Waals surface area contributed by atoms with Crippen molar-refractivity contribution in [1.29, 1.82) is 0 Å². The van der Waals surface area contributed by atoms with Gasteiger partial charge in [-0.3, -0.25) is 4.90 Å². The van der Waals surface area contributed by atoms with Crippen LogP contribution in [0.15, 0.2) is 9.05 Å². The molecular formula is C14H23N5O3. The van der Waals surface area contributed by atoms with Crippen LogP contribution >= 0.6 is 0 Å². The summed E-state index contributed by atoms with van der Waals surface area (Å²) >= 11 is 0. The molecule has 22 heavy (non-hydrogen) atoms. The molecule has 0 N–H and O–H groups in total. The molecule has 0 aliphatic heterocycles. The first-order chi connectivity index (χ1) is 10.4. The number of ether oxygens (including phenoxy) is 1. The number of aryl methyl sites for hydroxylation is 1. The van der Waals surface area contributed by atoms with E-state index in [2.05, 4.69) is 34.1 Å². The largest absolute Gasteiger partial charge is 0.370 e.